The number of urea groups is 1. The number of ether oxygens (including phenoxy) is 2. The molecule has 0 aromatic heterocycles. The Morgan fingerprint density at radius 2 is 2.08 bits per heavy atom. The molecule has 2 N–H and O–H groups in total. The van der Waals surface area contributed by atoms with Crippen molar-refractivity contribution in [1.82, 2.24) is 5.32 Å². The number of halogens is 2. The Kier molecular flexibility index (Phi) is 5.44. The van der Waals surface area contributed by atoms with Crippen LogP contribution in [0.4, 0.5) is 14.9 Å². The molecule has 26 heavy (non-hydrogen) atoms. The normalized spacial score (nSPS) is 12.7. The SMILES string of the molecule is N#Cc1cc(F)ccc1NC(=O)NCc1cc(Cl)c2c(c1)OCCCO2. The standard InChI is InChI=1S/C18H15ClFN3O3/c19-14-6-11(7-16-17(14)26-5-1-4-25-16)10-22-18(24)23-15-3-2-13(20)8-12(15)9-21/h2-3,6-8H,1,4-5,10H2,(H2,22,23,24). The fourth-order valence-corrected chi connectivity index (χ4v) is 2.74. The van der Waals surface area contributed by atoms with Crippen LogP contribution in [0.5, 0.6) is 11.5 Å². The minimum Gasteiger partial charge on any atom is -0.489 e. The van der Waals surface area contributed by atoms with Gasteiger partial charge >= 0.3 is 6.03 Å². The maximum absolute atomic E-state index is 13.1. The van der Waals surface area contributed by atoms with E-state index in [0.717, 1.165) is 18.1 Å². The van der Waals surface area contributed by atoms with E-state index in [0.29, 0.717) is 29.7 Å². The van der Waals surface area contributed by atoms with Gasteiger partial charge in [0.25, 0.3) is 0 Å². The first-order valence-electron chi connectivity index (χ1n) is 7.89. The maximum atomic E-state index is 13.1. The highest BCUT2D eigenvalue weighted by molar-refractivity contribution is 6.32. The molecule has 0 saturated heterocycles. The van der Waals surface area contributed by atoms with E-state index in [-0.39, 0.29) is 17.8 Å². The van der Waals surface area contributed by atoms with Crippen LogP contribution in [-0.4, -0.2) is 19.2 Å². The van der Waals surface area contributed by atoms with E-state index < -0.39 is 11.8 Å². The van der Waals surface area contributed by atoms with E-state index in [2.05, 4.69) is 10.6 Å². The lowest BCUT2D eigenvalue weighted by Gasteiger charge is -2.13. The monoisotopic (exact) mass is 375 g/mol. The molecule has 0 saturated carbocycles. The van der Waals surface area contributed by atoms with Gasteiger partial charge in [0.05, 0.1) is 29.5 Å². The molecule has 2 aromatic carbocycles. The summed E-state index contributed by atoms with van der Waals surface area (Å²) in [5.74, 6) is 0.495. The highest BCUT2D eigenvalue weighted by Gasteiger charge is 2.16. The van der Waals surface area contributed by atoms with E-state index in [4.69, 9.17) is 26.3 Å². The van der Waals surface area contributed by atoms with Crippen molar-refractivity contribution in [3.63, 3.8) is 0 Å². The summed E-state index contributed by atoms with van der Waals surface area (Å²) in [6.07, 6.45) is 0.764. The van der Waals surface area contributed by atoms with Gasteiger partial charge in [-0.3, -0.25) is 0 Å². The van der Waals surface area contributed by atoms with Crippen LogP contribution in [0.25, 0.3) is 0 Å². The molecular weight excluding hydrogens is 361 g/mol. The van der Waals surface area contributed by atoms with Crippen LogP contribution in [0.15, 0.2) is 30.3 Å². The molecule has 0 aliphatic carbocycles. The van der Waals surface area contributed by atoms with Crippen molar-refractivity contribution in [2.24, 2.45) is 0 Å². The number of nitrogens with one attached hydrogen (secondary N) is 2. The summed E-state index contributed by atoms with van der Waals surface area (Å²) < 4.78 is 24.3. The van der Waals surface area contributed by atoms with E-state index in [1.54, 1.807) is 12.1 Å². The van der Waals surface area contributed by atoms with Crippen molar-refractivity contribution < 1.29 is 18.7 Å². The summed E-state index contributed by atoms with van der Waals surface area (Å²) in [5.41, 5.74) is 0.996. The van der Waals surface area contributed by atoms with Crippen LogP contribution in [-0.2, 0) is 6.54 Å². The molecule has 0 fully saturated rings. The molecule has 8 heteroatoms. The Morgan fingerprint density at radius 1 is 1.27 bits per heavy atom. The van der Waals surface area contributed by atoms with Gasteiger partial charge in [-0.05, 0) is 35.9 Å². The molecule has 6 nitrogen and oxygen atoms in total. The number of hydrogen-bond donors (Lipinski definition) is 2. The smallest absolute Gasteiger partial charge is 0.319 e. The van der Waals surface area contributed by atoms with Crippen LogP contribution in [0, 0.1) is 17.1 Å². The zero-order valence-electron chi connectivity index (χ0n) is 13.6. The molecule has 2 aromatic rings. The van der Waals surface area contributed by atoms with Crippen molar-refractivity contribution in [2.45, 2.75) is 13.0 Å². The fourth-order valence-electron chi connectivity index (χ4n) is 2.45. The quantitative estimate of drug-likeness (QED) is 0.853. The van der Waals surface area contributed by atoms with Crippen molar-refractivity contribution in [1.29, 1.82) is 5.26 Å². The number of benzene rings is 2. The zero-order valence-corrected chi connectivity index (χ0v) is 14.4. The molecule has 0 atom stereocenters. The van der Waals surface area contributed by atoms with E-state index >= 15 is 0 Å². The molecule has 1 heterocycles. The van der Waals surface area contributed by atoms with E-state index in [9.17, 15) is 9.18 Å². The lowest BCUT2D eigenvalue weighted by molar-refractivity contribution is 0.251. The predicted octanol–water partition coefficient (Wildman–Crippen LogP) is 3.83. The summed E-state index contributed by atoms with van der Waals surface area (Å²) in [7, 11) is 0. The molecule has 0 spiro atoms. The summed E-state index contributed by atoms with van der Waals surface area (Å²) in [5, 5.41) is 14.6. The fraction of sp³-hybridized carbons (Fsp3) is 0.222. The second kappa shape index (κ2) is 7.93. The van der Waals surface area contributed by atoms with Crippen LogP contribution in [0.3, 0.4) is 0 Å². The van der Waals surface area contributed by atoms with Gasteiger partial charge in [0.15, 0.2) is 11.5 Å². The third kappa shape index (κ3) is 4.16. The molecule has 2 amide bonds. The average Bonchev–Trinajstić information content (AvgIpc) is 2.87. The van der Waals surface area contributed by atoms with Gasteiger partial charge in [0.1, 0.15) is 11.9 Å². The first-order chi connectivity index (χ1) is 12.6. The highest BCUT2D eigenvalue weighted by atomic mass is 35.5. The van der Waals surface area contributed by atoms with Crippen molar-refractivity contribution >= 4 is 23.3 Å². The van der Waals surface area contributed by atoms with Crippen LogP contribution in [0.1, 0.15) is 17.5 Å². The minimum absolute atomic E-state index is 0.0405. The second-order valence-corrected chi connectivity index (χ2v) is 5.97. The summed E-state index contributed by atoms with van der Waals surface area (Å²) in [6, 6.07) is 8.30. The average molecular weight is 376 g/mol. The van der Waals surface area contributed by atoms with Gasteiger partial charge in [0, 0.05) is 13.0 Å². The molecular formula is C18H15ClFN3O3. The summed E-state index contributed by atoms with van der Waals surface area (Å²) >= 11 is 6.21. The largest absolute Gasteiger partial charge is 0.489 e. The topological polar surface area (TPSA) is 83.4 Å². The van der Waals surface area contributed by atoms with Gasteiger partial charge in [-0.15, -0.1) is 0 Å². The number of hydrogen-bond acceptors (Lipinski definition) is 4. The lowest BCUT2D eigenvalue weighted by atomic mass is 10.2. The Bertz CT molecular complexity index is 883. The Hall–Kier alpha value is -2.98. The lowest BCUT2D eigenvalue weighted by Crippen LogP contribution is -2.28. The Balaban J connectivity index is 1.66. The summed E-state index contributed by atoms with van der Waals surface area (Å²) in [4.78, 5) is 12.1. The highest BCUT2D eigenvalue weighted by Crippen LogP contribution is 2.37. The summed E-state index contributed by atoms with van der Waals surface area (Å²) in [6.45, 7) is 1.25. The van der Waals surface area contributed by atoms with Crippen LogP contribution >= 0.6 is 11.6 Å². The predicted molar refractivity (Wildman–Crippen MR) is 94.0 cm³/mol. The number of amides is 2. The van der Waals surface area contributed by atoms with Crippen molar-refractivity contribution in [3.8, 4) is 17.6 Å². The van der Waals surface area contributed by atoms with Gasteiger partial charge in [0.2, 0.25) is 0 Å². The third-order valence-electron chi connectivity index (χ3n) is 3.67. The van der Waals surface area contributed by atoms with Crippen LogP contribution in [0.2, 0.25) is 5.02 Å². The molecule has 1 aliphatic rings. The van der Waals surface area contributed by atoms with Crippen LogP contribution < -0.4 is 20.1 Å². The Morgan fingerprint density at radius 3 is 2.88 bits per heavy atom. The van der Waals surface area contributed by atoms with Crippen molar-refractivity contribution in [3.05, 3.63) is 52.3 Å². The van der Waals surface area contributed by atoms with Crippen molar-refractivity contribution in [2.75, 3.05) is 18.5 Å². The first kappa shape index (κ1) is 17.8. The van der Waals surface area contributed by atoms with Gasteiger partial charge < -0.3 is 20.1 Å². The molecule has 1 aliphatic heterocycles. The van der Waals surface area contributed by atoms with Gasteiger partial charge in [-0.25, -0.2) is 9.18 Å². The molecule has 0 unspecified atom stereocenters. The second-order valence-electron chi connectivity index (χ2n) is 5.56. The first-order valence-corrected chi connectivity index (χ1v) is 8.27. The molecule has 3 rings (SSSR count). The minimum atomic E-state index is -0.547. The van der Waals surface area contributed by atoms with Gasteiger partial charge in [-0.1, -0.05) is 11.6 Å². The van der Waals surface area contributed by atoms with E-state index in [1.165, 1.54) is 12.1 Å². The van der Waals surface area contributed by atoms with Gasteiger partial charge in [-0.2, -0.15) is 5.26 Å². The number of fused-ring (bicyclic) bond motifs is 1. The number of nitrogens with zero attached hydrogens (tertiary/aromatic N) is 1. The number of carbonyl (C=O) groups excluding carboxylic acids is 1. The Labute approximate surface area is 154 Å². The number of anilines is 1. The van der Waals surface area contributed by atoms with E-state index in [1.807, 2.05) is 6.07 Å². The molecule has 0 bridgehead atoms. The number of carbonyl (C=O) groups is 1. The zero-order chi connectivity index (χ0) is 18.5. The molecule has 134 valence electrons. The maximum Gasteiger partial charge on any atom is 0.319 e. The third-order valence-corrected chi connectivity index (χ3v) is 3.95. The number of nitriles is 1. The molecule has 0 radical (unpaired) electrons. The number of rotatable bonds is 3.